The molecule has 0 aliphatic heterocycles. The third kappa shape index (κ3) is 3.25. The van der Waals surface area contributed by atoms with E-state index in [1.54, 1.807) is 14.2 Å². The van der Waals surface area contributed by atoms with E-state index in [1.807, 2.05) is 0 Å². The molecule has 0 aromatic carbocycles. The van der Waals surface area contributed by atoms with Gasteiger partial charge in [-0.2, -0.15) is 0 Å². The summed E-state index contributed by atoms with van der Waals surface area (Å²) in [4.78, 5) is 0. The van der Waals surface area contributed by atoms with Crippen molar-refractivity contribution in [2.75, 3.05) is 14.2 Å². The van der Waals surface area contributed by atoms with Crippen LogP contribution >= 0.6 is 0 Å². The summed E-state index contributed by atoms with van der Waals surface area (Å²) in [5, 5.41) is -1.13. The molecule has 120 valence electrons. The van der Waals surface area contributed by atoms with Crippen LogP contribution in [0, 0.1) is 0 Å². The molecule has 5 nitrogen and oxygen atoms in total. The molecule has 2 fully saturated rings. The van der Waals surface area contributed by atoms with Gasteiger partial charge in [0, 0.05) is 14.2 Å². The van der Waals surface area contributed by atoms with Crippen molar-refractivity contribution in [2.24, 2.45) is 0 Å². The lowest BCUT2D eigenvalue weighted by Gasteiger charge is -2.49. The third-order valence-corrected chi connectivity index (χ3v) is 8.44. The number of rotatable bonds is 4. The van der Waals surface area contributed by atoms with Crippen molar-refractivity contribution in [2.45, 2.75) is 74.1 Å². The van der Waals surface area contributed by atoms with E-state index < -0.39 is 20.1 Å². The van der Waals surface area contributed by atoms with Crippen molar-refractivity contribution in [3.63, 3.8) is 0 Å². The second-order valence-corrected chi connectivity index (χ2v) is 9.57. The van der Waals surface area contributed by atoms with E-state index in [-0.39, 0.29) is 12.2 Å². The Morgan fingerprint density at radius 1 is 0.850 bits per heavy atom. The van der Waals surface area contributed by atoms with Crippen LogP contribution in [0.1, 0.15) is 51.4 Å². The standard InChI is InChI=1S/C14H28O5S/c1-18-11-5-3-7-13(9-11)20(15,16,17)14-8-4-6-12(10-14)19-2/h11-14H,3-10H2,1-2H3,(H2,15,16,17). The van der Waals surface area contributed by atoms with Crippen LogP contribution in [0.2, 0.25) is 0 Å². The lowest BCUT2D eigenvalue weighted by Crippen LogP contribution is -2.56. The van der Waals surface area contributed by atoms with Crippen LogP contribution in [0.25, 0.3) is 0 Å². The first-order chi connectivity index (χ1) is 9.35. The highest BCUT2D eigenvalue weighted by Gasteiger charge is 2.50. The van der Waals surface area contributed by atoms with E-state index >= 15 is 0 Å². The zero-order valence-electron chi connectivity index (χ0n) is 12.5. The Morgan fingerprint density at radius 3 is 1.60 bits per heavy atom. The lowest BCUT2D eigenvalue weighted by atomic mass is 9.96. The fraction of sp³-hybridized carbons (Fsp3) is 1.00. The first kappa shape index (κ1) is 16.4. The summed E-state index contributed by atoms with van der Waals surface area (Å²) in [5.41, 5.74) is 0. The smallest absolute Gasteiger partial charge is 0.0883 e. The Balaban J connectivity index is 2.14. The van der Waals surface area contributed by atoms with Gasteiger partial charge >= 0.3 is 0 Å². The van der Waals surface area contributed by atoms with Crippen molar-refractivity contribution in [1.29, 1.82) is 0 Å². The molecule has 6 heteroatoms. The average molecular weight is 308 g/mol. The maximum absolute atomic E-state index is 13.0. The van der Waals surface area contributed by atoms with Gasteiger partial charge in [0.25, 0.3) is 0 Å². The molecule has 4 unspecified atom stereocenters. The van der Waals surface area contributed by atoms with Gasteiger partial charge in [0.2, 0.25) is 0 Å². The minimum Gasteiger partial charge on any atom is -0.381 e. The van der Waals surface area contributed by atoms with Gasteiger partial charge in [-0.15, -0.1) is 0 Å². The van der Waals surface area contributed by atoms with Crippen molar-refractivity contribution >= 4 is 9.63 Å². The van der Waals surface area contributed by atoms with E-state index in [0.29, 0.717) is 25.7 Å². The molecule has 2 N–H and O–H groups in total. The molecule has 0 radical (unpaired) electrons. The molecule has 20 heavy (non-hydrogen) atoms. The summed E-state index contributed by atoms with van der Waals surface area (Å²) in [5.74, 6) is 0. The minimum atomic E-state index is -4.63. The van der Waals surface area contributed by atoms with Crippen LogP contribution in [-0.2, 0) is 19.1 Å². The van der Waals surface area contributed by atoms with E-state index in [4.69, 9.17) is 9.47 Å². The van der Waals surface area contributed by atoms with Crippen LogP contribution in [0.3, 0.4) is 0 Å². The van der Waals surface area contributed by atoms with Gasteiger partial charge in [-0.25, -0.2) is 4.21 Å². The zero-order valence-corrected chi connectivity index (χ0v) is 13.3. The van der Waals surface area contributed by atoms with Crippen LogP contribution in [-0.4, -0.2) is 50.2 Å². The SMILES string of the molecule is COC1CCCC(S(=O)(O)(O)C2CCCC(OC)C2)C1. The second kappa shape index (κ2) is 6.01. The molecule has 0 aromatic rings. The Labute approximate surface area is 121 Å². The van der Waals surface area contributed by atoms with Gasteiger partial charge in [0.15, 0.2) is 0 Å². The van der Waals surface area contributed by atoms with Gasteiger partial charge in [-0.05, 0) is 51.4 Å². The Kier molecular flexibility index (Phi) is 4.91. The zero-order chi connectivity index (χ0) is 14.8. The lowest BCUT2D eigenvalue weighted by molar-refractivity contribution is 0.0627. The molecule has 2 aliphatic rings. The largest absolute Gasteiger partial charge is 0.381 e. The maximum Gasteiger partial charge on any atom is 0.0883 e. The normalized spacial score (nSPS) is 38.1. The molecule has 2 saturated carbocycles. The van der Waals surface area contributed by atoms with Crippen molar-refractivity contribution in [1.82, 2.24) is 0 Å². The molecule has 0 amide bonds. The van der Waals surface area contributed by atoms with Gasteiger partial charge in [0.05, 0.1) is 32.3 Å². The molecule has 0 spiro atoms. The molecule has 2 rings (SSSR count). The fourth-order valence-electron chi connectivity index (χ4n) is 3.71. The van der Waals surface area contributed by atoms with Gasteiger partial charge in [0.1, 0.15) is 0 Å². The topological polar surface area (TPSA) is 76.0 Å². The first-order valence-electron chi connectivity index (χ1n) is 7.56. The summed E-state index contributed by atoms with van der Waals surface area (Å²) in [6, 6.07) is 0. The predicted molar refractivity (Wildman–Crippen MR) is 79.5 cm³/mol. The molecule has 0 heterocycles. The van der Waals surface area contributed by atoms with Gasteiger partial charge in [-0.1, -0.05) is 0 Å². The summed E-state index contributed by atoms with van der Waals surface area (Å²) in [6.07, 6.45) is 5.60. The highest BCUT2D eigenvalue weighted by Crippen LogP contribution is 2.44. The molecule has 0 aromatic heterocycles. The highest BCUT2D eigenvalue weighted by molar-refractivity contribution is 8.11. The fourth-order valence-corrected chi connectivity index (χ4v) is 6.63. The molecule has 0 saturated heterocycles. The van der Waals surface area contributed by atoms with Crippen LogP contribution < -0.4 is 0 Å². The Morgan fingerprint density at radius 2 is 1.25 bits per heavy atom. The van der Waals surface area contributed by atoms with E-state index in [9.17, 15) is 13.3 Å². The quantitative estimate of drug-likeness (QED) is 0.835. The molecule has 2 aliphatic carbocycles. The Bertz CT molecular complexity index is 361. The van der Waals surface area contributed by atoms with Crippen LogP contribution in [0.5, 0.6) is 0 Å². The molecule has 0 bridgehead atoms. The average Bonchev–Trinajstić information content (AvgIpc) is 2.47. The third-order valence-electron chi connectivity index (χ3n) is 5.08. The minimum absolute atomic E-state index is 0.0145. The summed E-state index contributed by atoms with van der Waals surface area (Å²) >= 11 is 0. The molecular weight excluding hydrogens is 280 g/mol. The van der Waals surface area contributed by atoms with E-state index in [0.717, 1.165) is 25.7 Å². The second-order valence-electron chi connectivity index (χ2n) is 6.27. The summed E-state index contributed by atoms with van der Waals surface area (Å²) < 4.78 is 45.0. The molecular formula is C14H28O5S. The summed E-state index contributed by atoms with van der Waals surface area (Å²) in [7, 11) is -1.38. The predicted octanol–water partition coefficient (Wildman–Crippen LogP) is 2.67. The number of hydrogen-bond donors (Lipinski definition) is 2. The van der Waals surface area contributed by atoms with Crippen LogP contribution in [0.15, 0.2) is 0 Å². The van der Waals surface area contributed by atoms with Crippen molar-refractivity contribution in [3.05, 3.63) is 0 Å². The number of hydrogen-bond acceptors (Lipinski definition) is 3. The molecule has 4 atom stereocenters. The number of ether oxygens (including phenoxy) is 2. The first-order valence-corrected chi connectivity index (χ1v) is 9.56. The highest BCUT2D eigenvalue weighted by atomic mass is 32.3. The Hall–Kier alpha value is -0.0100. The van der Waals surface area contributed by atoms with E-state index in [1.165, 1.54) is 0 Å². The van der Waals surface area contributed by atoms with E-state index in [2.05, 4.69) is 0 Å². The monoisotopic (exact) mass is 308 g/mol. The van der Waals surface area contributed by atoms with Gasteiger partial charge in [-0.3, -0.25) is 0 Å². The van der Waals surface area contributed by atoms with Crippen molar-refractivity contribution < 1.29 is 22.8 Å². The maximum atomic E-state index is 13.0. The van der Waals surface area contributed by atoms with Gasteiger partial charge < -0.3 is 18.6 Å². The number of methoxy groups -OCH3 is 2. The van der Waals surface area contributed by atoms with Crippen molar-refractivity contribution in [3.8, 4) is 0 Å². The van der Waals surface area contributed by atoms with Crippen LogP contribution in [0.4, 0.5) is 0 Å². The summed E-state index contributed by atoms with van der Waals surface area (Å²) in [6.45, 7) is 0.